The summed E-state index contributed by atoms with van der Waals surface area (Å²) in [6.45, 7) is 0. The summed E-state index contributed by atoms with van der Waals surface area (Å²) in [5.74, 6) is 0. The summed E-state index contributed by atoms with van der Waals surface area (Å²) in [7, 11) is 2.98. The number of methoxy groups -OCH3 is 2. The third kappa shape index (κ3) is 3.69. The molecule has 0 aliphatic carbocycles. The van der Waals surface area contributed by atoms with Crippen LogP contribution in [0.2, 0.25) is 0 Å². The Morgan fingerprint density at radius 2 is 1.54 bits per heavy atom. The van der Waals surface area contributed by atoms with E-state index in [1.165, 1.54) is 14.2 Å². The number of nitrogens with zero attached hydrogens (tertiary/aromatic N) is 4. The van der Waals surface area contributed by atoms with E-state index >= 15 is 0 Å². The van der Waals surface area contributed by atoms with E-state index in [1.54, 1.807) is 30.3 Å². The zero-order chi connectivity index (χ0) is 19.1. The van der Waals surface area contributed by atoms with Crippen molar-refractivity contribution in [2.24, 2.45) is 0 Å². The number of nitriles is 4. The first-order valence-electron chi connectivity index (χ1n) is 7.56. The summed E-state index contributed by atoms with van der Waals surface area (Å²) in [5.41, 5.74) is 2.15. The van der Waals surface area contributed by atoms with Crippen molar-refractivity contribution < 1.29 is 9.47 Å². The SMILES string of the molecule is COC(OC)c1cc2cc(C#N)c(C#N)cc2cc1/C=C(\C#N)CC#N. The molecule has 0 unspecified atom stereocenters. The van der Waals surface area contributed by atoms with Crippen molar-refractivity contribution in [1.29, 1.82) is 21.0 Å². The van der Waals surface area contributed by atoms with Crippen LogP contribution in [-0.2, 0) is 9.47 Å². The van der Waals surface area contributed by atoms with E-state index in [9.17, 15) is 15.8 Å². The summed E-state index contributed by atoms with van der Waals surface area (Å²) < 4.78 is 10.7. The molecule has 0 aliphatic heterocycles. The van der Waals surface area contributed by atoms with Gasteiger partial charge in [0.1, 0.15) is 12.1 Å². The topological polar surface area (TPSA) is 114 Å². The summed E-state index contributed by atoms with van der Waals surface area (Å²) >= 11 is 0. The lowest BCUT2D eigenvalue weighted by Crippen LogP contribution is -2.06. The van der Waals surface area contributed by atoms with E-state index in [1.807, 2.05) is 24.3 Å². The van der Waals surface area contributed by atoms with Gasteiger partial charge in [0, 0.05) is 25.4 Å². The van der Waals surface area contributed by atoms with E-state index in [4.69, 9.17) is 14.7 Å². The minimum Gasteiger partial charge on any atom is -0.352 e. The summed E-state index contributed by atoms with van der Waals surface area (Å²) in [5, 5.41) is 38.0. The maximum atomic E-state index is 9.22. The van der Waals surface area contributed by atoms with Crippen molar-refractivity contribution in [3.05, 3.63) is 52.1 Å². The average Bonchev–Trinajstić information content (AvgIpc) is 2.67. The largest absolute Gasteiger partial charge is 0.352 e. The number of hydrogen-bond acceptors (Lipinski definition) is 6. The van der Waals surface area contributed by atoms with Gasteiger partial charge in [0.05, 0.1) is 29.7 Å². The molecule has 0 saturated carbocycles. The zero-order valence-corrected chi connectivity index (χ0v) is 14.3. The molecule has 0 bridgehead atoms. The van der Waals surface area contributed by atoms with E-state index in [2.05, 4.69) is 0 Å². The van der Waals surface area contributed by atoms with Gasteiger partial charge in [0.2, 0.25) is 0 Å². The van der Waals surface area contributed by atoms with E-state index in [0.717, 1.165) is 10.8 Å². The molecule has 26 heavy (non-hydrogen) atoms. The van der Waals surface area contributed by atoms with Crippen LogP contribution in [0.3, 0.4) is 0 Å². The molecule has 2 aromatic rings. The Hall–Kier alpha value is -3.68. The fourth-order valence-electron chi connectivity index (χ4n) is 2.64. The molecule has 0 amide bonds. The van der Waals surface area contributed by atoms with Gasteiger partial charge in [-0.3, -0.25) is 0 Å². The van der Waals surface area contributed by atoms with Crippen LogP contribution in [0.4, 0.5) is 0 Å². The molecule has 2 aromatic carbocycles. The van der Waals surface area contributed by atoms with Crippen LogP contribution in [0.1, 0.15) is 35.0 Å². The number of rotatable bonds is 5. The second-order valence-electron chi connectivity index (χ2n) is 5.37. The molecule has 0 spiro atoms. The molecule has 0 aliphatic rings. The summed E-state index contributed by atoms with van der Waals surface area (Å²) in [6.07, 6.45) is 0.900. The van der Waals surface area contributed by atoms with Gasteiger partial charge in [-0.1, -0.05) is 0 Å². The Balaban J connectivity index is 2.82. The highest BCUT2D eigenvalue weighted by Gasteiger charge is 2.16. The highest BCUT2D eigenvalue weighted by molar-refractivity contribution is 5.89. The minimum absolute atomic E-state index is 0.0184. The third-order valence-corrected chi connectivity index (χ3v) is 3.84. The lowest BCUT2D eigenvalue weighted by atomic mass is 9.95. The van der Waals surface area contributed by atoms with Crippen molar-refractivity contribution in [1.82, 2.24) is 0 Å². The van der Waals surface area contributed by atoms with Gasteiger partial charge >= 0.3 is 0 Å². The van der Waals surface area contributed by atoms with Crippen molar-refractivity contribution in [2.75, 3.05) is 14.2 Å². The molecule has 126 valence electrons. The number of ether oxygens (including phenoxy) is 2. The van der Waals surface area contributed by atoms with Crippen LogP contribution in [0, 0.1) is 45.3 Å². The number of benzene rings is 2. The Bertz CT molecular complexity index is 1040. The van der Waals surface area contributed by atoms with Crippen molar-refractivity contribution in [3.8, 4) is 24.3 Å². The van der Waals surface area contributed by atoms with Crippen LogP contribution < -0.4 is 0 Å². The first-order chi connectivity index (χ1) is 12.6. The summed E-state index contributed by atoms with van der Waals surface area (Å²) in [4.78, 5) is 0. The molecular weight excluding hydrogens is 328 g/mol. The fraction of sp³-hybridized carbons (Fsp3) is 0.200. The molecule has 0 N–H and O–H groups in total. The Morgan fingerprint density at radius 3 is 2.00 bits per heavy atom. The molecule has 6 heteroatoms. The van der Waals surface area contributed by atoms with Crippen LogP contribution in [-0.4, -0.2) is 14.2 Å². The van der Waals surface area contributed by atoms with E-state index < -0.39 is 6.29 Å². The fourth-order valence-corrected chi connectivity index (χ4v) is 2.64. The molecule has 0 atom stereocenters. The smallest absolute Gasteiger partial charge is 0.183 e. The van der Waals surface area contributed by atoms with Gasteiger partial charge in [-0.25, -0.2) is 0 Å². The summed E-state index contributed by atoms with van der Waals surface area (Å²) in [6, 6.07) is 14.8. The lowest BCUT2D eigenvalue weighted by molar-refractivity contribution is -0.106. The standard InChI is InChI=1S/C20H14N4O2/c1-25-20(26-2)19-9-15-8-18(12-24)17(11-23)7-14(15)6-16(19)5-13(10-22)3-4-21/h5-9,20H,3H2,1-2H3/b13-5-. The Morgan fingerprint density at radius 1 is 0.962 bits per heavy atom. The van der Waals surface area contributed by atoms with Gasteiger partial charge in [0.15, 0.2) is 6.29 Å². The Kier molecular flexibility index (Phi) is 6.05. The van der Waals surface area contributed by atoms with Crippen LogP contribution in [0.5, 0.6) is 0 Å². The van der Waals surface area contributed by atoms with Crippen molar-refractivity contribution >= 4 is 16.8 Å². The van der Waals surface area contributed by atoms with Crippen molar-refractivity contribution in [2.45, 2.75) is 12.7 Å². The normalized spacial score (nSPS) is 10.8. The average molecular weight is 342 g/mol. The van der Waals surface area contributed by atoms with Gasteiger partial charge in [0.25, 0.3) is 0 Å². The quantitative estimate of drug-likeness (QED) is 0.604. The first-order valence-corrected chi connectivity index (χ1v) is 7.56. The lowest BCUT2D eigenvalue weighted by Gasteiger charge is -2.18. The van der Waals surface area contributed by atoms with Crippen LogP contribution in [0.15, 0.2) is 29.8 Å². The highest BCUT2D eigenvalue weighted by Crippen LogP contribution is 2.30. The second-order valence-corrected chi connectivity index (χ2v) is 5.37. The van der Waals surface area contributed by atoms with Gasteiger partial charge < -0.3 is 9.47 Å². The van der Waals surface area contributed by atoms with Gasteiger partial charge in [-0.15, -0.1) is 0 Å². The third-order valence-electron chi connectivity index (χ3n) is 3.84. The maximum Gasteiger partial charge on any atom is 0.183 e. The maximum absolute atomic E-state index is 9.22. The van der Waals surface area contributed by atoms with Crippen LogP contribution in [0.25, 0.3) is 16.8 Å². The number of fused-ring (bicyclic) bond motifs is 1. The van der Waals surface area contributed by atoms with Gasteiger partial charge in [-0.05, 0) is 46.7 Å². The van der Waals surface area contributed by atoms with E-state index in [-0.39, 0.29) is 17.5 Å². The molecule has 2 rings (SSSR count). The molecule has 0 saturated heterocycles. The number of allylic oxidation sites excluding steroid dienone is 1. The van der Waals surface area contributed by atoms with Crippen LogP contribution >= 0.6 is 0 Å². The monoisotopic (exact) mass is 342 g/mol. The van der Waals surface area contributed by atoms with Crippen molar-refractivity contribution in [3.63, 3.8) is 0 Å². The zero-order valence-electron chi connectivity index (χ0n) is 14.3. The molecule has 0 heterocycles. The Labute approximate surface area is 151 Å². The minimum atomic E-state index is -0.686. The molecular formula is C20H14N4O2. The molecule has 0 radical (unpaired) electrons. The predicted octanol–water partition coefficient (Wildman–Crippen LogP) is 3.70. The predicted molar refractivity (Wildman–Crippen MR) is 94.0 cm³/mol. The molecule has 0 aromatic heterocycles. The second kappa shape index (κ2) is 8.43. The number of hydrogen-bond donors (Lipinski definition) is 0. The van der Waals surface area contributed by atoms with E-state index in [0.29, 0.717) is 16.7 Å². The molecule has 6 nitrogen and oxygen atoms in total. The first kappa shape index (κ1) is 18.7. The molecule has 0 fully saturated rings. The highest BCUT2D eigenvalue weighted by atomic mass is 16.7. The van der Waals surface area contributed by atoms with Gasteiger partial charge in [-0.2, -0.15) is 21.0 Å².